The molecule has 0 aliphatic carbocycles. The summed E-state index contributed by atoms with van der Waals surface area (Å²) in [6.45, 7) is 1.45. The average Bonchev–Trinajstić information content (AvgIpc) is 2.67. The van der Waals surface area contributed by atoms with Crippen molar-refractivity contribution in [2.45, 2.75) is 25.7 Å². The van der Waals surface area contributed by atoms with Crippen LogP contribution >= 0.6 is 0 Å². The fourth-order valence-electron chi connectivity index (χ4n) is 1.44. The molecular formula is C10H14F3N3O2. The second-order valence-corrected chi connectivity index (χ2v) is 4.00. The van der Waals surface area contributed by atoms with Crippen LogP contribution < -0.4 is 5.32 Å². The first kappa shape index (κ1) is 14.5. The van der Waals surface area contributed by atoms with Crippen molar-refractivity contribution >= 4 is 5.97 Å². The lowest BCUT2D eigenvalue weighted by Gasteiger charge is -2.20. The Balaban J connectivity index is 2.45. The predicted molar refractivity (Wildman–Crippen MR) is 56.9 cm³/mol. The third kappa shape index (κ3) is 4.36. The van der Waals surface area contributed by atoms with Gasteiger partial charge in [0.1, 0.15) is 0 Å². The van der Waals surface area contributed by atoms with Crippen LogP contribution in [0.3, 0.4) is 0 Å². The molecule has 0 saturated heterocycles. The number of hydrogen-bond acceptors (Lipinski definition) is 3. The Hall–Kier alpha value is -1.57. The maximum atomic E-state index is 12.4. The SMILES string of the molecule is CC(Cn1ccnc1)NCC(C(=O)O)C(F)(F)F. The number of imidazole rings is 1. The lowest BCUT2D eigenvalue weighted by Crippen LogP contribution is -2.42. The van der Waals surface area contributed by atoms with E-state index < -0.39 is 24.6 Å². The summed E-state index contributed by atoms with van der Waals surface area (Å²) in [6, 6.07) is -0.289. The fourth-order valence-corrected chi connectivity index (χ4v) is 1.44. The van der Waals surface area contributed by atoms with E-state index in [1.807, 2.05) is 0 Å². The number of nitrogens with one attached hydrogen (secondary N) is 1. The third-order valence-electron chi connectivity index (χ3n) is 2.41. The number of carboxylic acid groups (broad SMARTS) is 1. The van der Waals surface area contributed by atoms with Crippen molar-refractivity contribution < 1.29 is 23.1 Å². The van der Waals surface area contributed by atoms with Gasteiger partial charge < -0.3 is 15.0 Å². The van der Waals surface area contributed by atoms with Gasteiger partial charge in [-0.05, 0) is 6.92 Å². The van der Waals surface area contributed by atoms with Gasteiger partial charge in [-0.15, -0.1) is 0 Å². The molecule has 2 N–H and O–H groups in total. The van der Waals surface area contributed by atoms with Gasteiger partial charge in [0.25, 0.3) is 0 Å². The van der Waals surface area contributed by atoms with Crippen LogP contribution in [-0.4, -0.2) is 39.4 Å². The van der Waals surface area contributed by atoms with Crippen molar-refractivity contribution in [1.82, 2.24) is 14.9 Å². The molecule has 0 aromatic carbocycles. The number of aliphatic carboxylic acids is 1. The number of rotatable bonds is 6. The average molecular weight is 265 g/mol. The molecule has 0 spiro atoms. The molecule has 0 fully saturated rings. The topological polar surface area (TPSA) is 67.2 Å². The fraction of sp³-hybridized carbons (Fsp3) is 0.600. The zero-order chi connectivity index (χ0) is 13.8. The Morgan fingerprint density at radius 2 is 2.22 bits per heavy atom. The number of aromatic nitrogens is 2. The number of carboxylic acids is 1. The van der Waals surface area contributed by atoms with E-state index in [0.29, 0.717) is 6.54 Å². The van der Waals surface area contributed by atoms with E-state index in [2.05, 4.69) is 10.3 Å². The smallest absolute Gasteiger partial charge is 0.403 e. The minimum atomic E-state index is -4.74. The molecule has 0 aliphatic rings. The van der Waals surface area contributed by atoms with E-state index in [1.165, 1.54) is 6.33 Å². The molecule has 1 aromatic heterocycles. The van der Waals surface area contributed by atoms with Gasteiger partial charge in [-0.1, -0.05) is 0 Å². The van der Waals surface area contributed by atoms with Gasteiger partial charge in [0.05, 0.1) is 6.33 Å². The Morgan fingerprint density at radius 3 is 2.67 bits per heavy atom. The summed E-state index contributed by atoms with van der Waals surface area (Å²) in [5.74, 6) is -4.26. The molecule has 1 aromatic rings. The van der Waals surface area contributed by atoms with E-state index >= 15 is 0 Å². The van der Waals surface area contributed by atoms with Crippen LogP contribution in [-0.2, 0) is 11.3 Å². The van der Waals surface area contributed by atoms with Crippen molar-refractivity contribution in [2.75, 3.05) is 6.54 Å². The van der Waals surface area contributed by atoms with Crippen LogP contribution in [0.25, 0.3) is 0 Å². The molecule has 2 atom stereocenters. The third-order valence-corrected chi connectivity index (χ3v) is 2.41. The molecule has 5 nitrogen and oxygen atoms in total. The maximum absolute atomic E-state index is 12.4. The van der Waals surface area contributed by atoms with Gasteiger partial charge in [-0.3, -0.25) is 4.79 Å². The second kappa shape index (κ2) is 5.85. The van der Waals surface area contributed by atoms with Crippen LogP contribution in [0.15, 0.2) is 18.7 Å². The lowest BCUT2D eigenvalue weighted by molar-refractivity contribution is -0.192. The standard InChI is InChI=1S/C10H14F3N3O2/c1-7(5-16-3-2-14-6-16)15-4-8(9(17)18)10(11,12)13/h2-3,6-8,15H,4-5H2,1H3,(H,17,18). The summed E-state index contributed by atoms with van der Waals surface area (Å²) in [4.78, 5) is 14.3. The number of nitrogens with zero attached hydrogens (tertiary/aromatic N) is 2. The Bertz CT molecular complexity index is 378. The first-order chi connectivity index (χ1) is 8.30. The van der Waals surface area contributed by atoms with Crippen molar-refractivity contribution in [2.24, 2.45) is 5.92 Å². The van der Waals surface area contributed by atoms with Gasteiger partial charge in [-0.2, -0.15) is 13.2 Å². The Morgan fingerprint density at radius 1 is 1.56 bits per heavy atom. The van der Waals surface area contributed by atoms with E-state index in [1.54, 1.807) is 23.9 Å². The molecule has 1 heterocycles. The van der Waals surface area contributed by atoms with Crippen LogP contribution in [0.4, 0.5) is 13.2 Å². The van der Waals surface area contributed by atoms with E-state index in [-0.39, 0.29) is 6.04 Å². The van der Waals surface area contributed by atoms with Crippen molar-refractivity contribution in [3.63, 3.8) is 0 Å². The molecule has 0 saturated carbocycles. The molecule has 8 heteroatoms. The highest BCUT2D eigenvalue weighted by Gasteiger charge is 2.44. The summed E-state index contributed by atoms with van der Waals surface area (Å²) in [5, 5.41) is 11.1. The van der Waals surface area contributed by atoms with Crippen LogP contribution in [0.1, 0.15) is 6.92 Å². The first-order valence-corrected chi connectivity index (χ1v) is 5.29. The minimum absolute atomic E-state index is 0.289. The molecule has 1 rings (SSSR count). The molecular weight excluding hydrogens is 251 g/mol. The molecule has 18 heavy (non-hydrogen) atoms. The summed E-state index contributed by atoms with van der Waals surface area (Å²) in [6.07, 6.45) is 0.0310. The molecule has 0 radical (unpaired) electrons. The van der Waals surface area contributed by atoms with Gasteiger partial charge in [0, 0.05) is 31.5 Å². The van der Waals surface area contributed by atoms with Crippen molar-refractivity contribution in [3.05, 3.63) is 18.7 Å². The quantitative estimate of drug-likeness (QED) is 0.809. The second-order valence-electron chi connectivity index (χ2n) is 4.00. The minimum Gasteiger partial charge on any atom is -0.481 e. The van der Waals surface area contributed by atoms with E-state index in [4.69, 9.17) is 5.11 Å². The van der Waals surface area contributed by atoms with Gasteiger partial charge in [0.15, 0.2) is 5.92 Å². The van der Waals surface area contributed by atoms with Crippen LogP contribution in [0, 0.1) is 5.92 Å². The molecule has 0 bridgehead atoms. The van der Waals surface area contributed by atoms with Crippen molar-refractivity contribution in [3.8, 4) is 0 Å². The lowest BCUT2D eigenvalue weighted by atomic mass is 10.1. The van der Waals surface area contributed by atoms with E-state index in [9.17, 15) is 18.0 Å². The summed E-state index contributed by atoms with van der Waals surface area (Å²) >= 11 is 0. The highest BCUT2D eigenvalue weighted by molar-refractivity contribution is 5.71. The van der Waals surface area contributed by atoms with Crippen LogP contribution in [0.2, 0.25) is 0 Å². The van der Waals surface area contributed by atoms with Crippen molar-refractivity contribution in [1.29, 1.82) is 0 Å². The first-order valence-electron chi connectivity index (χ1n) is 5.29. The highest BCUT2D eigenvalue weighted by Crippen LogP contribution is 2.25. The summed E-state index contributed by atoms with van der Waals surface area (Å²) in [5.41, 5.74) is 0. The zero-order valence-electron chi connectivity index (χ0n) is 9.68. The number of alkyl halides is 3. The monoisotopic (exact) mass is 265 g/mol. The van der Waals surface area contributed by atoms with E-state index in [0.717, 1.165) is 0 Å². The number of halogens is 3. The van der Waals surface area contributed by atoms with Crippen LogP contribution in [0.5, 0.6) is 0 Å². The Kier molecular flexibility index (Phi) is 4.71. The number of carbonyl (C=O) groups is 1. The zero-order valence-corrected chi connectivity index (χ0v) is 9.68. The summed E-state index contributed by atoms with van der Waals surface area (Å²) < 4.78 is 38.8. The predicted octanol–water partition coefficient (Wildman–Crippen LogP) is 1.12. The number of hydrogen-bond donors (Lipinski definition) is 2. The largest absolute Gasteiger partial charge is 0.481 e. The van der Waals surface area contributed by atoms with Gasteiger partial charge >= 0.3 is 12.1 Å². The van der Waals surface area contributed by atoms with Gasteiger partial charge in [0.2, 0.25) is 0 Å². The highest BCUT2D eigenvalue weighted by atomic mass is 19.4. The van der Waals surface area contributed by atoms with Gasteiger partial charge in [-0.25, -0.2) is 4.98 Å². The molecule has 0 amide bonds. The summed E-state index contributed by atoms with van der Waals surface area (Å²) in [7, 11) is 0. The molecule has 0 aliphatic heterocycles. The Labute approximate surface area is 102 Å². The molecule has 102 valence electrons. The normalized spacial score (nSPS) is 15.3. The maximum Gasteiger partial charge on any atom is 0.403 e. The molecule has 2 unspecified atom stereocenters.